The molecule has 0 unspecified atom stereocenters. The number of thiazole rings is 1. The van der Waals surface area contributed by atoms with Crippen LogP contribution in [0, 0.1) is 5.41 Å². The highest BCUT2D eigenvalue weighted by atomic mass is 32.1. The third-order valence-electron chi connectivity index (χ3n) is 3.02. The van der Waals surface area contributed by atoms with Crippen LogP contribution in [0.3, 0.4) is 0 Å². The second-order valence-electron chi connectivity index (χ2n) is 4.81. The van der Waals surface area contributed by atoms with Gasteiger partial charge in [-0.2, -0.15) is 0 Å². The van der Waals surface area contributed by atoms with E-state index in [1.54, 1.807) is 6.20 Å². The average molecular weight is 224 g/mol. The second-order valence-corrected chi connectivity index (χ2v) is 5.85. The van der Waals surface area contributed by atoms with E-state index in [-0.39, 0.29) is 0 Å². The zero-order chi connectivity index (χ0) is 10.9. The van der Waals surface area contributed by atoms with Gasteiger partial charge in [0.2, 0.25) is 0 Å². The molecule has 0 aliphatic carbocycles. The molecule has 1 saturated heterocycles. The van der Waals surface area contributed by atoms with E-state index in [1.807, 2.05) is 0 Å². The first kappa shape index (κ1) is 10.6. The van der Waals surface area contributed by atoms with Crippen molar-refractivity contribution >= 4 is 22.8 Å². The average Bonchev–Trinajstić information content (AvgIpc) is 2.66. The number of aldehydes is 1. The highest BCUT2D eigenvalue weighted by Crippen LogP contribution is 2.33. The summed E-state index contributed by atoms with van der Waals surface area (Å²) in [7, 11) is 0. The largest absolute Gasteiger partial charge is 0.348 e. The van der Waals surface area contributed by atoms with Gasteiger partial charge in [0.1, 0.15) is 0 Å². The molecule has 1 fully saturated rings. The molecule has 0 atom stereocenters. The molecule has 0 amide bonds. The van der Waals surface area contributed by atoms with Crippen molar-refractivity contribution in [2.24, 2.45) is 5.41 Å². The van der Waals surface area contributed by atoms with Crippen LogP contribution in [-0.4, -0.2) is 24.4 Å². The number of carbonyl (C=O) groups is 1. The van der Waals surface area contributed by atoms with Crippen LogP contribution in [0.15, 0.2) is 6.20 Å². The first-order valence-electron chi connectivity index (χ1n) is 5.27. The minimum absolute atomic E-state index is 0.460. The molecular weight excluding hydrogens is 208 g/mol. The first-order valence-corrected chi connectivity index (χ1v) is 6.08. The van der Waals surface area contributed by atoms with Gasteiger partial charge in [0.25, 0.3) is 0 Å². The number of hydrogen-bond acceptors (Lipinski definition) is 4. The summed E-state index contributed by atoms with van der Waals surface area (Å²) in [6.07, 6.45) is 4.92. The minimum Gasteiger partial charge on any atom is -0.348 e. The number of nitrogens with zero attached hydrogens (tertiary/aromatic N) is 2. The van der Waals surface area contributed by atoms with E-state index < -0.39 is 0 Å². The van der Waals surface area contributed by atoms with Crippen LogP contribution in [0.25, 0.3) is 0 Å². The predicted octanol–water partition coefficient (Wildman–Crippen LogP) is 2.58. The smallest absolute Gasteiger partial charge is 0.185 e. The van der Waals surface area contributed by atoms with Crippen molar-refractivity contribution in [3.8, 4) is 0 Å². The monoisotopic (exact) mass is 224 g/mol. The van der Waals surface area contributed by atoms with Crippen LogP contribution >= 0.6 is 11.3 Å². The Balaban J connectivity index is 2.04. The van der Waals surface area contributed by atoms with Gasteiger partial charge in [0.15, 0.2) is 11.4 Å². The lowest BCUT2D eigenvalue weighted by atomic mass is 9.83. The Morgan fingerprint density at radius 1 is 1.47 bits per heavy atom. The van der Waals surface area contributed by atoms with Crippen molar-refractivity contribution in [1.82, 2.24) is 4.98 Å². The molecule has 0 N–H and O–H groups in total. The number of piperidine rings is 1. The normalized spacial score (nSPS) is 20.3. The Labute approximate surface area is 94.1 Å². The van der Waals surface area contributed by atoms with Crippen LogP contribution < -0.4 is 4.90 Å². The molecule has 1 aromatic rings. The zero-order valence-corrected chi connectivity index (χ0v) is 10.0. The fourth-order valence-electron chi connectivity index (χ4n) is 1.78. The standard InChI is InChI=1S/C11H16N2OS/c1-11(2)3-5-13(6-4-11)10-12-7-9(8-14)15-10/h7-8H,3-6H2,1-2H3. The number of aromatic nitrogens is 1. The molecule has 0 spiro atoms. The fourth-order valence-corrected chi connectivity index (χ4v) is 2.56. The molecule has 1 aromatic heterocycles. The van der Waals surface area contributed by atoms with Crippen LogP contribution in [0.1, 0.15) is 36.4 Å². The molecule has 2 rings (SSSR count). The molecule has 1 aliphatic rings. The fraction of sp³-hybridized carbons (Fsp3) is 0.636. The highest BCUT2D eigenvalue weighted by molar-refractivity contribution is 7.17. The Hall–Kier alpha value is -0.900. The van der Waals surface area contributed by atoms with E-state index in [0.29, 0.717) is 5.41 Å². The molecule has 15 heavy (non-hydrogen) atoms. The Morgan fingerprint density at radius 2 is 2.13 bits per heavy atom. The van der Waals surface area contributed by atoms with E-state index in [2.05, 4.69) is 23.7 Å². The van der Waals surface area contributed by atoms with Gasteiger partial charge in [-0.05, 0) is 18.3 Å². The topological polar surface area (TPSA) is 33.2 Å². The van der Waals surface area contributed by atoms with Crippen molar-refractivity contribution in [2.75, 3.05) is 18.0 Å². The first-order chi connectivity index (χ1) is 7.11. The lowest BCUT2D eigenvalue weighted by Gasteiger charge is -2.36. The Kier molecular flexibility index (Phi) is 2.78. The SMILES string of the molecule is CC1(C)CCN(c2ncc(C=O)s2)CC1. The van der Waals surface area contributed by atoms with Crippen molar-refractivity contribution in [1.29, 1.82) is 0 Å². The Bertz CT molecular complexity index is 349. The highest BCUT2D eigenvalue weighted by Gasteiger charge is 2.26. The quantitative estimate of drug-likeness (QED) is 0.724. The lowest BCUT2D eigenvalue weighted by molar-refractivity contribution is 0.112. The summed E-state index contributed by atoms with van der Waals surface area (Å²) < 4.78 is 0. The number of carbonyl (C=O) groups excluding carboxylic acids is 1. The molecule has 0 radical (unpaired) electrons. The third-order valence-corrected chi connectivity index (χ3v) is 4.00. The van der Waals surface area contributed by atoms with Gasteiger partial charge in [-0.25, -0.2) is 4.98 Å². The summed E-state index contributed by atoms with van der Waals surface area (Å²) in [6, 6.07) is 0. The van der Waals surface area contributed by atoms with Crippen LogP contribution in [0.5, 0.6) is 0 Å². The van der Waals surface area contributed by atoms with Gasteiger partial charge in [0, 0.05) is 13.1 Å². The number of anilines is 1. The summed E-state index contributed by atoms with van der Waals surface area (Å²) >= 11 is 1.49. The maximum Gasteiger partial charge on any atom is 0.185 e. The van der Waals surface area contributed by atoms with Crippen LogP contribution in [-0.2, 0) is 0 Å². The molecule has 2 heterocycles. The van der Waals surface area contributed by atoms with Crippen LogP contribution in [0.4, 0.5) is 5.13 Å². The molecule has 0 bridgehead atoms. The van der Waals surface area contributed by atoms with Gasteiger partial charge < -0.3 is 4.90 Å². The maximum absolute atomic E-state index is 10.6. The molecule has 82 valence electrons. The second kappa shape index (κ2) is 3.93. The van der Waals surface area contributed by atoms with Gasteiger partial charge in [0.05, 0.1) is 11.1 Å². The summed E-state index contributed by atoms with van der Waals surface area (Å²) in [5.41, 5.74) is 0.460. The number of rotatable bonds is 2. The summed E-state index contributed by atoms with van der Waals surface area (Å²) in [5.74, 6) is 0. The molecular formula is C11H16N2OS. The molecule has 4 heteroatoms. The predicted molar refractivity (Wildman–Crippen MR) is 62.7 cm³/mol. The van der Waals surface area contributed by atoms with E-state index in [0.717, 1.165) is 29.4 Å². The van der Waals surface area contributed by atoms with Gasteiger partial charge in [-0.15, -0.1) is 0 Å². The van der Waals surface area contributed by atoms with Gasteiger partial charge in [-0.3, -0.25) is 4.79 Å². The van der Waals surface area contributed by atoms with Crippen molar-refractivity contribution in [3.63, 3.8) is 0 Å². The third kappa shape index (κ3) is 2.37. The van der Waals surface area contributed by atoms with Crippen molar-refractivity contribution in [3.05, 3.63) is 11.1 Å². The minimum atomic E-state index is 0.460. The molecule has 0 saturated carbocycles. The molecule has 3 nitrogen and oxygen atoms in total. The van der Waals surface area contributed by atoms with Crippen molar-refractivity contribution < 1.29 is 4.79 Å². The molecule has 1 aliphatic heterocycles. The van der Waals surface area contributed by atoms with Gasteiger partial charge >= 0.3 is 0 Å². The van der Waals surface area contributed by atoms with E-state index in [1.165, 1.54) is 24.2 Å². The van der Waals surface area contributed by atoms with Crippen LogP contribution in [0.2, 0.25) is 0 Å². The summed E-state index contributed by atoms with van der Waals surface area (Å²) in [4.78, 5) is 17.8. The maximum atomic E-state index is 10.6. The van der Waals surface area contributed by atoms with Crippen molar-refractivity contribution in [2.45, 2.75) is 26.7 Å². The van der Waals surface area contributed by atoms with E-state index >= 15 is 0 Å². The van der Waals surface area contributed by atoms with Gasteiger partial charge in [-0.1, -0.05) is 25.2 Å². The molecule has 0 aromatic carbocycles. The summed E-state index contributed by atoms with van der Waals surface area (Å²) in [5, 5.41) is 0.993. The number of hydrogen-bond donors (Lipinski definition) is 0. The van der Waals surface area contributed by atoms with E-state index in [9.17, 15) is 4.79 Å². The van der Waals surface area contributed by atoms with E-state index in [4.69, 9.17) is 0 Å². The Morgan fingerprint density at radius 3 is 2.67 bits per heavy atom. The lowest BCUT2D eigenvalue weighted by Crippen LogP contribution is -2.37. The summed E-state index contributed by atoms with van der Waals surface area (Å²) in [6.45, 7) is 6.73. The zero-order valence-electron chi connectivity index (χ0n) is 9.19.